The van der Waals surface area contributed by atoms with Crippen molar-refractivity contribution >= 4 is 10.8 Å². The Bertz CT molecular complexity index is 341. The summed E-state index contributed by atoms with van der Waals surface area (Å²) in [5, 5.41) is 0. The molecule has 0 aromatic carbocycles. The van der Waals surface area contributed by atoms with Crippen molar-refractivity contribution in [2.24, 2.45) is 5.73 Å². The summed E-state index contributed by atoms with van der Waals surface area (Å²) >= 11 is 0. The van der Waals surface area contributed by atoms with Crippen LogP contribution in [0.4, 0.5) is 0 Å². The molecule has 1 aliphatic heterocycles. The lowest BCUT2D eigenvalue weighted by Gasteiger charge is -2.35. The Morgan fingerprint density at radius 3 is 2.69 bits per heavy atom. The first-order valence-electron chi connectivity index (χ1n) is 5.56. The molecule has 1 aromatic heterocycles. The van der Waals surface area contributed by atoms with Crippen LogP contribution >= 0.6 is 0 Å². The molecule has 0 radical (unpaired) electrons. The molecule has 1 aromatic rings. The average Bonchev–Trinajstić information content (AvgIpc) is 2.74. The van der Waals surface area contributed by atoms with Crippen molar-refractivity contribution < 1.29 is 8.63 Å². The standard InChI is InChI=1S/C11H18N2O2S/c1-9(12)11(10-3-2-6-15-10)13-4-7-16(14)8-5-13/h2-3,6,9,11H,4-5,7-8,12H2,1H3. The Balaban J connectivity index is 2.11. The molecule has 2 atom stereocenters. The van der Waals surface area contributed by atoms with Gasteiger partial charge in [0.15, 0.2) is 0 Å². The smallest absolute Gasteiger partial charge is 0.122 e. The van der Waals surface area contributed by atoms with Gasteiger partial charge in [-0.3, -0.25) is 9.11 Å². The summed E-state index contributed by atoms with van der Waals surface area (Å²) in [5.41, 5.74) is 6.02. The van der Waals surface area contributed by atoms with Crippen LogP contribution in [0, 0.1) is 0 Å². The summed E-state index contributed by atoms with van der Waals surface area (Å²) in [4.78, 5) is 2.27. The minimum atomic E-state index is -0.651. The van der Waals surface area contributed by atoms with Crippen molar-refractivity contribution in [3.05, 3.63) is 24.2 Å². The molecule has 16 heavy (non-hydrogen) atoms. The first-order chi connectivity index (χ1) is 7.68. The van der Waals surface area contributed by atoms with Crippen LogP contribution in [0.15, 0.2) is 22.8 Å². The third kappa shape index (κ3) is 2.53. The predicted octanol–water partition coefficient (Wildman–Crippen LogP) is 0.732. The highest BCUT2D eigenvalue weighted by Gasteiger charge is 2.28. The van der Waals surface area contributed by atoms with E-state index in [0.717, 1.165) is 30.4 Å². The molecular formula is C11H18N2O2S. The number of rotatable bonds is 3. The van der Waals surface area contributed by atoms with Gasteiger partial charge in [-0.1, -0.05) is 0 Å². The zero-order valence-electron chi connectivity index (χ0n) is 9.46. The highest BCUT2D eigenvalue weighted by molar-refractivity contribution is 7.85. The summed E-state index contributed by atoms with van der Waals surface area (Å²) in [6.45, 7) is 3.65. The first kappa shape index (κ1) is 11.8. The van der Waals surface area contributed by atoms with Crippen LogP contribution < -0.4 is 5.73 Å². The Labute approximate surface area is 98.2 Å². The van der Waals surface area contributed by atoms with Gasteiger partial charge in [0.25, 0.3) is 0 Å². The molecule has 5 heteroatoms. The predicted molar refractivity (Wildman–Crippen MR) is 64.5 cm³/mol. The van der Waals surface area contributed by atoms with Gasteiger partial charge in [0.05, 0.1) is 12.3 Å². The summed E-state index contributed by atoms with van der Waals surface area (Å²) in [6.07, 6.45) is 1.67. The van der Waals surface area contributed by atoms with Crippen molar-refractivity contribution in [1.82, 2.24) is 4.90 Å². The van der Waals surface area contributed by atoms with Crippen molar-refractivity contribution in [3.8, 4) is 0 Å². The quantitative estimate of drug-likeness (QED) is 0.849. The maximum absolute atomic E-state index is 11.3. The molecule has 0 aliphatic carbocycles. The maximum Gasteiger partial charge on any atom is 0.122 e. The molecule has 1 saturated heterocycles. The summed E-state index contributed by atoms with van der Waals surface area (Å²) in [7, 11) is -0.651. The molecular weight excluding hydrogens is 224 g/mol. The largest absolute Gasteiger partial charge is 0.468 e. The second kappa shape index (κ2) is 5.12. The van der Waals surface area contributed by atoms with Gasteiger partial charge in [0.1, 0.15) is 5.76 Å². The van der Waals surface area contributed by atoms with Crippen LogP contribution in [-0.4, -0.2) is 39.7 Å². The van der Waals surface area contributed by atoms with Gasteiger partial charge in [-0.05, 0) is 19.1 Å². The fourth-order valence-corrected chi connectivity index (χ4v) is 3.24. The molecule has 2 N–H and O–H groups in total. The normalized spacial score (nSPS) is 23.1. The van der Waals surface area contributed by atoms with Gasteiger partial charge in [-0.25, -0.2) is 0 Å². The number of hydrogen-bond donors (Lipinski definition) is 1. The number of furan rings is 1. The second-order valence-corrected chi connectivity index (χ2v) is 5.90. The lowest BCUT2D eigenvalue weighted by Crippen LogP contribution is -2.45. The SMILES string of the molecule is CC(N)C(c1ccco1)N1CCS(=O)CC1. The average molecular weight is 242 g/mol. The van der Waals surface area contributed by atoms with E-state index in [1.54, 1.807) is 6.26 Å². The van der Waals surface area contributed by atoms with E-state index in [1.165, 1.54) is 0 Å². The van der Waals surface area contributed by atoms with Crippen LogP contribution in [0.5, 0.6) is 0 Å². The van der Waals surface area contributed by atoms with E-state index in [4.69, 9.17) is 10.2 Å². The van der Waals surface area contributed by atoms with Gasteiger partial charge in [-0.2, -0.15) is 0 Å². The van der Waals surface area contributed by atoms with Crippen LogP contribution in [0.1, 0.15) is 18.7 Å². The van der Waals surface area contributed by atoms with Gasteiger partial charge in [0, 0.05) is 41.4 Å². The van der Waals surface area contributed by atoms with Crippen molar-refractivity contribution in [2.75, 3.05) is 24.6 Å². The molecule has 2 unspecified atom stereocenters. The van der Waals surface area contributed by atoms with Crippen LogP contribution in [-0.2, 0) is 10.8 Å². The van der Waals surface area contributed by atoms with Crippen molar-refractivity contribution in [1.29, 1.82) is 0 Å². The molecule has 1 fully saturated rings. The highest BCUT2D eigenvalue weighted by atomic mass is 32.2. The fraction of sp³-hybridized carbons (Fsp3) is 0.636. The van der Waals surface area contributed by atoms with E-state index in [-0.39, 0.29) is 12.1 Å². The Morgan fingerprint density at radius 1 is 1.50 bits per heavy atom. The Kier molecular flexibility index (Phi) is 3.78. The minimum Gasteiger partial charge on any atom is -0.468 e. The topological polar surface area (TPSA) is 59.5 Å². The highest BCUT2D eigenvalue weighted by Crippen LogP contribution is 2.24. The van der Waals surface area contributed by atoms with Gasteiger partial charge in [-0.15, -0.1) is 0 Å². The van der Waals surface area contributed by atoms with Crippen molar-refractivity contribution in [2.45, 2.75) is 19.0 Å². The van der Waals surface area contributed by atoms with Gasteiger partial charge >= 0.3 is 0 Å². The van der Waals surface area contributed by atoms with E-state index < -0.39 is 10.8 Å². The number of nitrogens with two attached hydrogens (primary N) is 1. The van der Waals surface area contributed by atoms with Crippen molar-refractivity contribution in [3.63, 3.8) is 0 Å². The van der Waals surface area contributed by atoms with E-state index >= 15 is 0 Å². The second-order valence-electron chi connectivity index (χ2n) is 4.20. The number of nitrogens with zero attached hydrogens (tertiary/aromatic N) is 1. The van der Waals surface area contributed by atoms with Crippen LogP contribution in [0.2, 0.25) is 0 Å². The van der Waals surface area contributed by atoms with Crippen LogP contribution in [0.3, 0.4) is 0 Å². The van der Waals surface area contributed by atoms with E-state index in [1.807, 2.05) is 19.1 Å². The minimum absolute atomic E-state index is 0.0117. The van der Waals surface area contributed by atoms with E-state index in [9.17, 15) is 4.21 Å². The molecule has 2 heterocycles. The lowest BCUT2D eigenvalue weighted by molar-refractivity contribution is 0.169. The molecule has 2 rings (SSSR count). The summed E-state index contributed by atoms with van der Waals surface area (Å²) in [6, 6.07) is 3.96. The summed E-state index contributed by atoms with van der Waals surface area (Å²) in [5.74, 6) is 2.39. The first-order valence-corrected chi connectivity index (χ1v) is 7.05. The van der Waals surface area contributed by atoms with Gasteiger partial charge in [0.2, 0.25) is 0 Å². The molecule has 0 spiro atoms. The zero-order chi connectivity index (χ0) is 11.5. The van der Waals surface area contributed by atoms with Gasteiger partial charge < -0.3 is 10.2 Å². The maximum atomic E-state index is 11.3. The molecule has 0 bridgehead atoms. The Morgan fingerprint density at radius 2 is 2.19 bits per heavy atom. The molecule has 1 aliphatic rings. The molecule has 90 valence electrons. The van der Waals surface area contributed by atoms with Crippen LogP contribution in [0.25, 0.3) is 0 Å². The van der Waals surface area contributed by atoms with E-state index in [2.05, 4.69) is 4.90 Å². The third-order valence-electron chi connectivity index (χ3n) is 2.94. The van der Waals surface area contributed by atoms with E-state index in [0.29, 0.717) is 0 Å². The molecule has 0 amide bonds. The lowest BCUT2D eigenvalue weighted by atomic mass is 10.1. The Hall–Kier alpha value is -0.650. The fourth-order valence-electron chi connectivity index (χ4n) is 2.16. The summed E-state index contributed by atoms with van der Waals surface area (Å²) < 4.78 is 16.8. The third-order valence-corrected chi connectivity index (χ3v) is 4.21. The number of hydrogen-bond acceptors (Lipinski definition) is 4. The molecule has 0 saturated carbocycles. The monoisotopic (exact) mass is 242 g/mol. The molecule has 4 nitrogen and oxygen atoms in total. The zero-order valence-corrected chi connectivity index (χ0v) is 10.3.